The fourth-order valence-corrected chi connectivity index (χ4v) is 2.43. The summed E-state index contributed by atoms with van der Waals surface area (Å²) < 4.78 is 5.20. The molecule has 0 unspecified atom stereocenters. The molecule has 0 amide bonds. The topological polar surface area (TPSA) is 36.3 Å². The van der Waals surface area contributed by atoms with Crippen molar-refractivity contribution in [3.05, 3.63) is 0 Å². The normalized spacial score (nSPS) is 12.1. The minimum absolute atomic E-state index is 0.174. The Morgan fingerprint density at radius 1 is 1.16 bits per heavy atom. The van der Waals surface area contributed by atoms with Crippen LogP contribution in [0.2, 0.25) is 0 Å². The summed E-state index contributed by atoms with van der Waals surface area (Å²) in [5.41, 5.74) is -0.174. The molecule has 3 heteroatoms. The van der Waals surface area contributed by atoms with E-state index in [0.29, 0.717) is 6.04 Å². The van der Waals surface area contributed by atoms with Crippen LogP contribution in [0, 0.1) is 16.7 Å². The molecule has 0 atom stereocenters. The van der Waals surface area contributed by atoms with Crippen molar-refractivity contribution in [1.29, 1.82) is 5.26 Å². The quantitative estimate of drug-likeness (QED) is 0.534. The highest BCUT2D eigenvalue weighted by atomic mass is 16.5. The molecule has 0 saturated carbocycles. The molecule has 0 bridgehead atoms. The van der Waals surface area contributed by atoms with E-state index < -0.39 is 0 Å². The molecule has 0 radical (unpaired) electrons. The fraction of sp³-hybridized carbons (Fsp3) is 0.938. The molecule has 0 aromatic heterocycles. The largest absolute Gasteiger partial charge is 0.383 e. The maximum Gasteiger partial charge on any atom is 0.0683 e. The third kappa shape index (κ3) is 8.23. The van der Waals surface area contributed by atoms with E-state index in [1.54, 1.807) is 7.11 Å². The van der Waals surface area contributed by atoms with Gasteiger partial charge in [-0.15, -0.1) is 0 Å². The minimum atomic E-state index is -0.174. The Kier molecular flexibility index (Phi) is 9.91. The van der Waals surface area contributed by atoms with Gasteiger partial charge < -0.3 is 4.74 Å². The summed E-state index contributed by atoms with van der Waals surface area (Å²) in [7, 11) is 1.76. The van der Waals surface area contributed by atoms with E-state index in [1.807, 2.05) is 13.8 Å². The van der Waals surface area contributed by atoms with Crippen molar-refractivity contribution in [2.75, 3.05) is 26.8 Å². The van der Waals surface area contributed by atoms with Crippen molar-refractivity contribution in [1.82, 2.24) is 4.90 Å². The molecule has 0 fully saturated rings. The second kappa shape index (κ2) is 10.2. The number of nitrogens with zero attached hydrogens (tertiary/aromatic N) is 2. The van der Waals surface area contributed by atoms with Crippen LogP contribution in [0.3, 0.4) is 0 Å². The number of methoxy groups -OCH3 is 1. The first kappa shape index (κ1) is 18.4. The molecule has 3 nitrogen and oxygen atoms in total. The first-order chi connectivity index (χ1) is 9.00. The maximum atomic E-state index is 9.01. The van der Waals surface area contributed by atoms with E-state index in [9.17, 15) is 0 Å². The number of rotatable bonds is 11. The fourth-order valence-electron chi connectivity index (χ4n) is 2.43. The van der Waals surface area contributed by atoms with E-state index in [1.165, 1.54) is 19.3 Å². The van der Waals surface area contributed by atoms with E-state index >= 15 is 0 Å². The predicted molar refractivity (Wildman–Crippen MR) is 81.1 cm³/mol. The van der Waals surface area contributed by atoms with Crippen LogP contribution < -0.4 is 0 Å². The molecule has 0 aromatic carbocycles. The van der Waals surface area contributed by atoms with Crippen molar-refractivity contribution < 1.29 is 4.74 Å². The highest BCUT2D eigenvalue weighted by Crippen LogP contribution is 2.22. The number of hydrogen-bond acceptors (Lipinski definition) is 3. The van der Waals surface area contributed by atoms with Gasteiger partial charge in [0, 0.05) is 19.7 Å². The van der Waals surface area contributed by atoms with Crippen LogP contribution >= 0.6 is 0 Å². The number of nitriles is 1. The molecule has 0 heterocycles. The van der Waals surface area contributed by atoms with Crippen molar-refractivity contribution >= 4 is 0 Å². The summed E-state index contributed by atoms with van der Waals surface area (Å²) in [6.45, 7) is 11.5. The number of ether oxygens (including phenoxy) is 1. The number of unbranched alkanes of at least 4 members (excludes halogenated alkanes) is 1. The lowest BCUT2D eigenvalue weighted by molar-refractivity contribution is 0.113. The van der Waals surface area contributed by atoms with Gasteiger partial charge in [-0.2, -0.15) is 5.26 Å². The van der Waals surface area contributed by atoms with Gasteiger partial charge in [0.05, 0.1) is 18.1 Å². The molecular weight excluding hydrogens is 236 g/mol. The van der Waals surface area contributed by atoms with Gasteiger partial charge in [0.1, 0.15) is 0 Å². The molecule has 0 saturated heterocycles. The van der Waals surface area contributed by atoms with Crippen LogP contribution in [0.1, 0.15) is 59.8 Å². The molecule has 19 heavy (non-hydrogen) atoms. The summed E-state index contributed by atoms with van der Waals surface area (Å²) in [5, 5.41) is 9.01. The summed E-state index contributed by atoms with van der Waals surface area (Å²) in [6, 6.07) is 3.04. The lowest BCUT2D eigenvalue weighted by Crippen LogP contribution is -2.37. The minimum Gasteiger partial charge on any atom is -0.383 e. The molecule has 0 aliphatic heterocycles. The van der Waals surface area contributed by atoms with Crippen LogP contribution in [0.25, 0.3) is 0 Å². The summed E-state index contributed by atoms with van der Waals surface area (Å²) in [4.78, 5) is 2.54. The van der Waals surface area contributed by atoms with Crippen LogP contribution in [-0.2, 0) is 4.74 Å². The lowest BCUT2D eigenvalue weighted by Gasteiger charge is -2.30. The first-order valence-corrected chi connectivity index (χ1v) is 7.65. The molecule has 0 aliphatic carbocycles. The van der Waals surface area contributed by atoms with Gasteiger partial charge in [-0.3, -0.25) is 4.90 Å². The average Bonchev–Trinajstić information content (AvgIpc) is 2.41. The monoisotopic (exact) mass is 268 g/mol. The molecule has 0 spiro atoms. The second-order valence-electron chi connectivity index (χ2n) is 5.95. The summed E-state index contributed by atoms with van der Waals surface area (Å²) >= 11 is 0. The second-order valence-corrected chi connectivity index (χ2v) is 5.95. The highest BCUT2D eigenvalue weighted by Gasteiger charge is 2.17. The van der Waals surface area contributed by atoms with Gasteiger partial charge in [0.25, 0.3) is 0 Å². The standard InChI is InChI=1S/C16H32N2O/c1-6-15(7-2)18(12-13-19-5)11-9-8-10-16(3,4)14-17/h15H,6-13H2,1-5H3. The van der Waals surface area contributed by atoms with Gasteiger partial charge in [0.2, 0.25) is 0 Å². The SMILES string of the molecule is CCC(CC)N(CCCCC(C)(C)C#N)CCOC. The summed E-state index contributed by atoms with van der Waals surface area (Å²) in [6.07, 6.45) is 5.69. The van der Waals surface area contributed by atoms with Crippen LogP contribution in [-0.4, -0.2) is 37.7 Å². The Labute approximate surface area is 119 Å². The van der Waals surface area contributed by atoms with Gasteiger partial charge in [-0.1, -0.05) is 20.3 Å². The van der Waals surface area contributed by atoms with Crippen molar-refractivity contribution in [2.24, 2.45) is 5.41 Å². The van der Waals surface area contributed by atoms with E-state index in [0.717, 1.165) is 32.5 Å². The van der Waals surface area contributed by atoms with Gasteiger partial charge in [-0.25, -0.2) is 0 Å². The molecular formula is C16H32N2O. The molecule has 112 valence electrons. The number of hydrogen-bond donors (Lipinski definition) is 0. The van der Waals surface area contributed by atoms with Crippen molar-refractivity contribution in [3.63, 3.8) is 0 Å². The van der Waals surface area contributed by atoms with E-state index in [2.05, 4.69) is 24.8 Å². The van der Waals surface area contributed by atoms with Gasteiger partial charge >= 0.3 is 0 Å². The highest BCUT2D eigenvalue weighted by molar-refractivity contribution is 4.91. The van der Waals surface area contributed by atoms with Crippen LogP contribution in [0.4, 0.5) is 0 Å². The maximum absolute atomic E-state index is 9.01. The van der Waals surface area contributed by atoms with Gasteiger partial charge in [-0.05, 0) is 46.1 Å². The third-order valence-corrected chi connectivity index (χ3v) is 3.84. The summed E-state index contributed by atoms with van der Waals surface area (Å²) in [5.74, 6) is 0. The zero-order valence-corrected chi connectivity index (χ0v) is 13.5. The van der Waals surface area contributed by atoms with Gasteiger partial charge in [0.15, 0.2) is 0 Å². The Morgan fingerprint density at radius 2 is 1.79 bits per heavy atom. The molecule has 0 rings (SSSR count). The van der Waals surface area contributed by atoms with E-state index in [-0.39, 0.29) is 5.41 Å². The van der Waals surface area contributed by atoms with Crippen LogP contribution in [0.5, 0.6) is 0 Å². The Balaban J connectivity index is 4.09. The molecule has 0 aliphatic rings. The smallest absolute Gasteiger partial charge is 0.0683 e. The van der Waals surface area contributed by atoms with Crippen molar-refractivity contribution in [3.8, 4) is 6.07 Å². The van der Waals surface area contributed by atoms with Crippen LogP contribution in [0.15, 0.2) is 0 Å². The Hall–Kier alpha value is -0.590. The van der Waals surface area contributed by atoms with E-state index in [4.69, 9.17) is 10.00 Å². The Morgan fingerprint density at radius 3 is 2.26 bits per heavy atom. The average molecular weight is 268 g/mol. The first-order valence-electron chi connectivity index (χ1n) is 7.65. The molecule has 0 N–H and O–H groups in total. The zero-order chi connectivity index (χ0) is 14.7. The molecule has 0 aromatic rings. The predicted octanol–water partition coefficient (Wildman–Crippen LogP) is 3.84. The lowest BCUT2D eigenvalue weighted by atomic mass is 9.89. The van der Waals surface area contributed by atoms with Crippen molar-refractivity contribution in [2.45, 2.75) is 65.8 Å². The Bertz CT molecular complexity index is 254. The third-order valence-electron chi connectivity index (χ3n) is 3.84. The zero-order valence-electron chi connectivity index (χ0n) is 13.5.